The van der Waals surface area contributed by atoms with Crippen molar-refractivity contribution in [3.63, 3.8) is 0 Å². The number of hydrogen-bond donors (Lipinski definition) is 2. The van der Waals surface area contributed by atoms with Gasteiger partial charge in [0.2, 0.25) is 5.79 Å². The molecule has 0 radical (unpaired) electrons. The summed E-state index contributed by atoms with van der Waals surface area (Å²) < 4.78 is 36.0. The number of carbonyl (C=O) groups excluding carboxylic acids is 4. The van der Waals surface area contributed by atoms with Gasteiger partial charge in [-0.2, -0.15) is 0 Å². The number of furan rings is 1. The van der Waals surface area contributed by atoms with Crippen LogP contribution in [0.5, 0.6) is 0 Å². The molecule has 5 fully saturated rings. The van der Waals surface area contributed by atoms with E-state index in [0.717, 1.165) is 0 Å². The van der Waals surface area contributed by atoms with E-state index in [4.69, 9.17) is 28.1 Å². The summed E-state index contributed by atoms with van der Waals surface area (Å²) in [6, 6.07) is 1.72. The third-order valence-electron chi connectivity index (χ3n) is 12.9. The molecule has 4 heterocycles. The molecule has 5 aliphatic rings. The van der Waals surface area contributed by atoms with Crippen LogP contribution in [0.2, 0.25) is 0 Å². The Hall–Kier alpha value is -2.96. The molecule has 6 rings (SSSR count). The van der Waals surface area contributed by atoms with E-state index in [1.807, 2.05) is 13.8 Å². The van der Waals surface area contributed by atoms with Crippen LogP contribution in [0, 0.1) is 45.8 Å². The topological polar surface area (TPSA) is 168 Å². The summed E-state index contributed by atoms with van der Waals surface area (Å²) in [5.41, 5.74) is -7.41. The molecule has 1 spiro atoms. The zero-order valence-electron chi connectivity index (χ0n) is 28.7. The van der Waals surface area contributed by atoms with Crippen molar-refractivity contribution in [1.29, 1.82) is 0 Å². The lowest BCUT2D eigenvalue weighted by atomic mass is 9.35. The summed E-state index contributed by atoms with van der Waals surface area (Å²) in [5, 5.41) is 26.4. The van der Waals surface area contributed by atoms with Crippen LogP contribution < -0.4 is 0 Å². The van der Waals surface area contributed by atoms with E-state index in [1.54, 1.807) is 47.6 Å². The smallest absolute Gasteiger partial charge is 0.310 e. The lowest BCUT2D eigenvalue weighted by Gasteiger charge is -2.69. The first-order chi connectivity index (χ1) is 21.8. The van der Waals surface area contributed by atoms with Gasteiger partial charge in [-0.05, 0) is 25.3 Å². The van der Waals surface area contributed by atoms with Crippen LogP contribution in [0.25, 0.3) is 0 Å². The van der Waals surface area contributed by atoms with Crippen LogP contribution in [0.4, 0.5) is 0 Å². The van der Waals surface area contributed by atoms with Gasteiger partial charge in [-0.1, -0.05) is 55.4 Å². The van der Waals surface area contributed by atoms with Crippen LogP contribution in [-0.4, -0.2) is 70.4 Å². The Balaban J connectivity index is 1.65. The molecule has 0 aromatic carbocycles. The fourth-order valence-corrected chi connectivity index (χ4v) is 10.6. The first-order valence-electron chi connectivity index (χ1n) is 16.7. The summed E-state index contributed by atoms with van der Waals surface area (Å²) in [6.45, 7) is 13.8. The Morgan fingerprint density at radius 2 is 1.68 bits per heavy atom. The second-order valence-electron chi connectivity index (χ2n) is 15.9. The largest absolute Gasteiger partial charge is 0.472 e. The number of hydrogen-bond acceptors (Lipinski definition) is 12. The molecule has 2 bridgehead atoms. The van der Waals surface area contributed by atoms with E-state index in [2.05, 4.69) is 0 Å². The van der Waals surface area contributed by atoms with Crippen molar-refractivity contribution in [2.45, 2.75) is 116 Å². The van der Waals surface area contributed by atoms with Crippen molar-refractivity contribution in [1.82, 2.24) is 0 Å². The number of fused-ring (bicyclic) bond motifs is 2. The van der Waals surface area contributed by atoms with E-state index in [1.165, 1.54) is 19.6 Å². The molecule has 0 amide bonds. The predicted molar refractivity (Wildman–Crippen MR) is 162 cm³/mol. The highest BCUT2D eigenvalue weighted by atomic mass is 16.7. The van der Waals surface area contributed by atoms with E-state index in [-0.39, 0.29) is 6.42 Å². The Kier molecular flexibility index (Phi) is 7.59. The quantitative estimate of drug-likeness (QED) is 0.321. The molecule has 1 aromatic rings. The standard InChI is InChI=1S/C35H48O12/c1-10-18(4)26(38)46-29-33-20(11-13-31(7)21(33)15-22(36)44-24(31)19-12-14-43-16-19)32(8)23(27(39)42-9)30(5,6)28(45-25(37)17(2)3)34(29,40)35(32,41)47-33/h12,14,16-18,20-21,23-24,28-29,40-41H,10-11,13,15H2,1-9H3. The van der Waals surface area contributed by atoms with Gasteiger partial charge in [-0.15, -0.1) is 0 Å². The maximum Gasteiger partial charge on any atom is 0.310 e. The number of methoxy groups -OCH3 is 1. The van der Waals surface area contributed by atoms with Gasteiger partial charge in [0.1, 0.15) is 17.8 Å². The van der Waals surface area contributed by atoms with Gasteiger partial charge in [-0.3, -0.25) is 19.2 Å². The molecule has 3 aliphatic heterocycles. The normalized spacial score (nSPS) is 45.0. The summed E-state index contributed by atoms with van der Waals surface area (Å²) in [4.78, 5) is 54.6. The van der Waals surface area contributed by atoms with Gasteiger partial charge in [0, 0.05) is 33.6 Å². The lowest BCUT2D eigenvalue weighted by Crippen LogP contribution is -2.85. The fraction of sp³-hybridized carbons (Fsp3) is 0.771. The van der Waals surface area contributed by atoms with Gasteiger partial charge in [0.25, 0.3) is 0 Å². The van der Waals surface area contributed by atoms with Crippen LogP contribution in [0.1, 0.15) is 92.7 Å². The van der Waals surface area contributed by atoms with Crippen molar-refractivity contribution in [2.24, 2.45) is 45.8 Å². The number of aliphatic hydroxyl groups is 2. The van der Waals surface area contributed by atoms with Crippen LogP contribution in [0.3, 0.4) is 0 Å². The monoisotopic (exact) mass is 660 g/mol. The van der Waals surface area contributed by atoms with Crippen molar-refractivity contribution >= 4 is 23.9 Å². The average Bonchev–Trinajstić information content (AvgIpc) is 3.66. The van der Waals surface area contributed by atoms with Gasteiger partial charge in [0.15, 0.2) is 11.7 Å². The van der Waals surface area contributed by atoms with Crippen molar-refractivity contribution in [3.8, 4) is 0 Å². The molecule has 12 unspecified atom stereocenters. The zero-order valence-corrected chi connectivity index (χ0v) is 28.7. The molecule has 2 aliphatic carbocycles. The highest BCUT2D eigenvalue weighted by molar-refractivity contribution is 5.78. The lowest BCUT2D eigenvalue weighted by molar-refractivity contribution is -0.382. The second kappa shape index (κ2) is 10.5. The van der Waals surface area contributed by atoms with Crippen LogP contribution in [-0.2, 0) is 42.9 Å². The van der Waals surface area contributed by atoms with Gasteiger partial charge in [-0.25, -0.2) is 0 Å². The molecule has 1 aromatic heterocycles. The van der Waals surface area contributed by atoms with Crippen LogP contribution >= 0.6 is 0 Å². The molecule has 12 atom stereocenters. The maximum atomic E-state index is 13.9. The number of cyclic esters (lactones) is 1. The second-order valence-corrected chi connectivity index (χ2v) is 15.9. The summed E-state index contributed by atoms with van der Waals surface area (Å²) in [7, 11) is 1.24. The summed E-state index contributed by atoms with van der Waals surface area (Å²) in [6.07, 6.45) is 0.108. The molecule has 2 saturated carbocycles. The zero-order chi connectivity index (χ0) is 34.7. The molecular weight excluding hydrogens is 612 g/mol. The minimum atomic E-state index is -2.58. The third-order valence-corrected chi connectivity index (χ3v) is 12.9. The minimum Gasteiger partial charge on any atom is -0.472 e. The first kappa shape index (κ1) is 33.9. The van der Waals surface area contributed by atoms with E-state index in [9.17, 15) is 29.4 Å². The summed E-state index contributed by atoms with van der Waals surface area (Å²) in [5.74, 6) is -9.01. The van der Waals surface area contributed by atoms with E-state index in [0.29, 0.717) is 24.8 Å². The van der Waals surface area contributed by atoms with Crippen molar-refractivity contribution in [3.05, 3.63) is 24.2 Å². The van der Waals surface area contributed by atoms with Crippen molar-refractivity contribution in [2.75, 3.05) is 7.11 Å². The fourth-order valence-electron chi connectivity index (χ4n) is 10.6. The molecule has 47 heavy (non-hydrogen) atoms. The predicted octanol–water partition coefficient (Wildman–Crippen LogP) is 3.86. The highest BCUT2D eigenvalue weighted by Gasteiger charge is 2.97. The van der Waals surface area contributed by atoms with Crippen molar-refractivity contribution < 1.29 is 57.5 Å². The van der Waals surface area contributed by atoms with Gasteiger partial charge >= 0.3 is 23.9 Å². The van der Waals surface area contributed by atoms with Gasteiger partial charge < -0.3 is 38.3 Å². The average molecular weight is 661 g/mol. The Morgan fingerprint density at radius 1 is 1.02 bits per heavy atom. The molecule has 12 nitrogen and oxygen atoms in total. The maximum absolute atomic E-state index is 13.9. The molecule has 12 heteroatoms. The number of carbonyl (C=O) groups is 4. The van der Waals surface area contributed by atoms with E-state index >= 15 is 0 Å². The minimum absolute atomic E-state index is 0.177. The van der Waals surface area contributed by atoms with Gasteiger partial charge in [0.05, 0.1) is 43.8 Å². The molecular formula is C35H48O12. The number of esters is 4. The highest BCUT2D eigenvalue weighted by Crippen LogP contribution is 2.82. The first-order valence-corrected chi connectivity index (χ1v) is 16.7. The Morgan fingerprint density at radius 3 is 2.26 bits per heavy atom. The van der Waals surface area contributed by atoms with Crippen LogP contribution in [0.15, 0.2) is 23.0 Å². The third kappa shape index (κ3) is 3.92. The Labute approximate surface area is 274 Å². The number of rotatable bonds is 7. The Bertz CT molecular complexity index is 1470. The van der Waals surface area contributed by atoms with E-state index < -0.39 is 105 Å². The number of ether oxygens (including phenoxy) is 5. The molecule has 260 valence electrons. The molecule has 2 N–H and O–H groups in total. The SMILES string of the molecule is CCC(C)C(=O)OC1C23OC4(O)C(C)(C(C(=O)OC)C(C)(C)C(OC(=O)C(C)C)C14O)C2CCC1(C)C(c2ccoc2)OC(=O)CC13. The summed E-state index contributed by atoms with van der Waals surface area (Å²) >= 11 is 0. The molecule has 3 saturated heterocycles.